The predicted molar refractivity (Wildman–Crippen MR) is 95.6 cm³/mol. The van der Waals surface area contributed by atoms with Crippen LogP contribution in [-0.2, 0) is 26.0 Å². The monoisotopic (exact) mass is 367 g/mol. The van der Waals surface area contributed by atoms with Gasteiger partial charge < -0.3 is 4.90 Å². The van der Waals surface area contributed by atoms with Crippen LogP contribution >= 0.6 is 0 Å². The van der Waals surface area contributed by atoms with E-state index in [2.05, 4.69) is 0 Å². The lowest BCUT2D eigenvalue weighted by Crippen LogP contribution is -2.56. The fourth-order valence-electron chi connectivity index (χ4n) is 3.57. The Morgan fingerprint density at radius 1 is 0.923 bits per heavy atom. The highest BCUT2D eigenvalue weighted by atomic mass is 32.2. The third kappa shape index (κ3) is 2.66. The fraction of sp³-hybridized carbons (Fsp3) is 0.200. The SMILES string of the molecule is O=C1C[C@H]2C(=O)N(Cc3ccccc3)[C@@H]1C=C2S(=O)(=O)c1ccccc1. The minimum absolute atomic E-state index is 0.0489. The lowest BCUT2D eigenvalue weighted by atomic mass is 9.83. The Bertz CT molecular complexity index is 997. The third-order valence-corrected chi connectivity index (χ3v) is 6.81. The first kappa shape index (κ1) is 16.7. The third-order valence-electron chi connectivity index (χ3n) is 4.88. The van der Waals surface area contributed by atoms with Gasteiger partial charge in [0.25, 0.3) is 0 Å². The number of carbonyl (C=O) groups is 2. The molecule has 2 atom stereocenters. The zero-order chi connectivity index (χ0) is 18.3. The Balaban J connectivity index is 1.72. The molecule has 0 unspecified atom stereocenters. The Morgan fingerprint density at radius 3 is 2.19 bits per heavy atom. The van der Waals surface area contributed by atoms with Gasteiger partial charge in [0, 0.05) is 13.0 Å². The zero-order valence-electron chi connectivity index (χ0n) is 13.9. The molecule has 0 N–H and O–H groups in total. The number of rotatable bonds is 4. The molecule has 2 aliphatic heterocycles. The van der Waals surface area contributed by atoms with Gasteiger partial charge in [0.1, 0.15) is 6.04 Å². The van der Waals surface area contributed by atoms with Crippen molar-refractivity contribution >= 4 is 21.5 Å². The largest absolute Gasteiger partial charge is 0.324 e. The van der Waals surface area contributed by atoms with Gasteiger partial charge in [-0.15, -0.1) is 0 Å². The maximum atomic E-state index is 12.9. The molecular weight excluding hydrogens is 350 g/mol. The van der Waals surface area contributed by atoms with Crippen LogP contribution in [0.4, 0.5) is 0 Å². The van der Waals surface area contributed by atoms with E-state index < -0.39 is 21.8 Å². The molecule has 1 saturated heterocycles. The van der Waals surface area contributed by atoms with E-state index in [4.69, 9.17) is 0 Å². The number of amides is 1. The minimum atomic E-state index is -3.78. The quantitative estimate of drug-likeness (QED) is 0.832. The summed E-state index contributed by atoms with van der Waals surface area (Å²) in [5, 5.41) is 0. The van der Waals surface area contributed by atoms with Crippen molar-refractivity contribution in [3.05, 3.63) is 77.2 Å². The maximum Gasteiger partial charge on any atom is 0.232 e. The van der Waals surface area contributed by atoms with Crippen molar-refractivity contribution in [3.63, 3.8) is 0 Å². The van der Waals surface area contributed by atoms with E-state index in [0.29, 0.717) is 6.54 Å². The van der Waals surface area contributed by atoms with E-state index in [0.717, 1.165) is 5.56 Å². The van der Waals surface area contributed by atoms with E-state index in [-0.39, 0.29) is 27.9 Å². The molecular formula is C20H17NO4S. The number of hydrogen-bond donors (Lipinski definition) is 0. The number of carbonyl (C=O) groups excluding carboxylic acids is 2. The summed E-state index contributed by atoms with van der Waals surface area (Å²) < 4.78 is 25.9. The lowest BCUT2D eigenvalue weighted by Gasteiger charge is -2.42. The van der Waals surface area contributed by atoms with Crippen molar-refractivity contribution in [1.82, 2.24) is 4.90 Å². The van der Waals surface area contributed by atoms with Crippen molar-refractivity contribution in [2.75, 3.05) is 0 Å². The van der Waals surface area contributed by atoms with Crippen LogP contribution in [0.25, 0.3) is 0 Å². The molecule has 26 heavy (non-hydrogen) atoms. The molecule has 3 aliphatic rings. The summed E-state index contributed by atoms with van der Waals surface area (Å²) in [6.45, 7) is 0.293. The minimum Gasteiger partial charge on any atom is -0.324 e. The Kier molecular flexibility index (Phi) is 4.00. The summed E-state index contributed by atoms with van der Waals surface area (Å²) in [7, 11) is -3.78. The van der Waals surface area contributed by atoms with Crippen molar-refractivity contribution in [2.45, 2.75) is 23.9 Å². The van der Waals surface area contributed by atoms with Crippen LogP contribution in [0.5, 0.6) is 0 Å². The van der Waals surface area contributed by atoms with Gasteiger partial charge in [-0.25, -0.2) is 8.42 Å². The molecule has 0 aromatic heterocycles. The molecule has 1 aliphatic carbocycles. The number of ketones is 1. The smallest absolute Gasteiger partial charge is 0.232 e. The molecule has 0 spiro atoms. The fourth-order valence-corrected chi connectivity index (χ4v) is 5.22. The standard InChI is InChI=1S/C20H17NO4S/c22-18-11-16-19(26(24,25)15-9-5-2-6-10-15)12-17(18)21(20(16)23)13-14-7-3-1-4-8-14/h1-10,12,16-17H,11,13H2/t16-,17-/m1/s1. The Hall–Kier alpha value is -2.73. The van der Waals surface area contributed by atoms with E-state index in [1.54, 1.807) is 18.2 Å². The van der Waals surface area contributed by atoms with Gasteiger partial charge in [0.15, 0.2) is 5.78 Å². The zero-order valence-corrected chi connectivity index (χ0v) is 14.7. The normalized spacial score (nSPS) is 22.5. The summed E-state index contributed by atoms with van der Waals surface area (Å²) >= 11 is 0. The van der Waals surface area contributed by atoms with Crippen molar-refractivity contribution in [2.24, 2.45) is 5.92 Å². The predicted octanol–water partition coefficient (Wildman–Crippen LogP) is 2.34. The van der Waals surface area contributed by atoms with Gasteiger partial charge in [-0.3, -0.25) is 9.59 Å². The summed E-state index contributed by atoms with van der Waals surface area (Å²) in [5.74, 6) is -1.34. The second-order valence-corrected chi connectivity index (χ2v) is 8.45. The molecule has 1 amide bonds. The molecule has 2 aromatic carbocycles. The molecule has 5 rings (SSSR count). The molecule has 5 nitrogen and oxygen atoms in total. The van der Waals surface area contributed by atoms with E-state index in [1.165, 1.54) is 23.1 Å². The van der Waals surface area contributed by atoms with Gasteiger partial charge >= 0.3 is 0 Å². The molecule has 2 heterocycles. The van der Waals surface area contributed by atoms with Crippen molar-refractivity contribution in [1.29, 1.82) is 0 Å². The first-order valence-corrected chi connectivity index (χ1v) is 9.86. The van der Waals surface area contributed by atoms with Crippen LogP contribution in [0.2, 0.25) is 0 Å². The van der Waals surface area contributed by atoms with Crippen LogP contribution in [0.15, 0.2) is 76.5 Å². The summed E-state index contributed by atoms with van der Waals surface area (Å²) in [5.41, 5.74) is 0.905. The summed E-state index contributed by atoms with van der Waals surface area (Å²) in [6, 6.07) is 16.6. The van der Waals surface area contributed by atoms with Gasteiger partial charge in [-0.05, 0) is 23.8 Å². The number of nitrogens with zero attached hydrogens (tertiary/aromatic N) is 1. The number of sulfone groups is 1. The van der Waals surface area contributed by atoms with Gasteiger partial charge in [0.2, 0.25) is 15.7 Å². The molecule has 132 valence electrons. The van der Waals surface area contributed by atoms with Crippen molar-refractivity contribution < 1.29 is 18.0 Å². The van der Waals surface area contributed by atoms with Crippen LogP contribution in [0.3, 0.4) is 0 Å². The summed E-state index contributed by atoms with van der Waals surface area (Å²) in [6.07, 6.45) is 1.41. The molecule has 0 radical (unpaired) electrons. The van der Waals surface area contributed by atoms with Gasteiger partial charge in [-0.1, -0.05) is 48.5 Å². The number of hydrogen-bond acceptors (Lipinski definition) is 4. The summed E-state index contributed by atoms with van der Waals surface area (Å²) in [4.78, 5) is 27.0. The van der Waals surface area contributed by atoms with E-state index in [9.17, 15) is 18.0 Å². The van der Waals surface area contributed by atoms with Crippen LogP contribution in [0, 0.1) is 5.92 Å². The first-order chi connectivity index (χ1) is 12.5. The molecule has 2 bridgehead atoms. The van der Waals surface area contributed by atoms with Gasteiger partial charge in [-0.2, -0.15) is 0 Å². The topological polar surface area (TPSA) is 71.5 Å². The number of piperidine rings is 1. The maximum absolute atomic E-state index is 12.9. The molecule has 2 aromatic rings. The van der Waals surface area contributed by atoms with Crippen LogP contribution in [0.1, 0.15) is 12.0 Å². The van der Waals surface area contributed by atoms with E-state index >= 15 is 0 Å². The number of Topliss-reactive ketones (excluding diaryl/α,β-unsaturated/α-hetero) is 1. The van der Waals surface area contributed by atoms with Crippen LogP contribution in [-0.4, -0.2) is 31.0 Å². The van der Waals surface area contributed by atoms with E-state index in [1.807, 2.05) is 30.3 Å². The van der Waals surface area contributed by atoms with Crippen LogP contribution < -0.4 is 0 Å². The average Bonchev–Trinajstić information content (AvgIpc) is 2.66. The highest BCUT2D eigenvalue weighted by molar-refractivity contribution is 7.95. The second kappa shape index (κ2) is 6.21. The molecule has 1 fully saturated rings. The highest BCUT2D eigenvalue weighted by Crippen LogP contribution is 2.39. The van der Waals surface area contributed by atoms with Crippen molar-refractivity contribution in [3.8, 4) is 0 Å². The lowest BCUT2D eigenvalue weighted by molar-refractivity contribution is -0.148. The Morgan fingerprint density at radius 2 is 1.54 bits per heavy atom. The number of benzene rings is 2. The highest BCUT2D eigenvalue weighted by Gasteiger charge is 2.49. The molecule has 0 saturated carbocycles. The first-order valence-electron chi connectivity index (χ1n) is 8.37. The van der Waals surface area contributed by atoms with Gasteiger partial charge in [0.05, 0.1) is 15.7 Å². The average molecular weight is 367 g/mol. The Labute approximate surface area is 151 Å². The molecule has 6 heteroatoms. The number of fused-ring (bicyclic) bond motifs is 2. The second-order valence-electron chi connectivity index (χ2n) is 6.51.